The number of hydrogen-bond acceptors (Lipinski definition) is 4. The third-order valence-corrected chi connectivity index (χ3v) is 2.39. The first-order valence-electron chi connectivity index (χ1n) is 5.52. The maximum Gasteiger partial charge on any atom is 0.393 e. The lowest BCUT2D eigenvalue weighted by Crippen LogP contribution is -2.13. The number of aromatic amines is 1. The van der Waals surface area contributed by atoms with E-state index in [0.29, 0.717) is 0 Å². The molecule has 0 saturated heterocycles. The second-order valence-corrected chi connectivity index (χ2v) is 3.99. The van der Waals surface area contributed by atoms with Crippen molar-refractivity contribution in [2.45, 2.75) is 12.6 Å². The van der Waals surface area contributed by atoms with Crippen LogP contribution in [-0.2, 0) is 6.42 Å². The van der Waals surface area contributed by atoms with Crippen LogP contribution in [0.25, 0.3) is 0 Å². The van der Waals surface area contributed by atoms with Crippen molar-refractivity contribution in [2.75, 3.05) is 5.73 Å². The Morgan fingerprint density at radius 3 is 2.43 bits per heavy atom. The summed E-state index contributed by atoms with van der Waals surface area (Å²) in [6.07, 6.45) is -4.16. The lowest BCUT2D eigenvalue weighted by Gasteiger charge is -2.08. The summed E-state index contributed by atoms with van der Waals surface area (Å²) in [7, 11) is 0. The van der Waals surface area contributed by atoms with E-state index in [-0.39, 0.29) is 35.3 Å². The normalized spacial score (nSPS) is 10.8. The fourth-order valence-electron chi connectivity index (χ4n) is 1.49. The summed E-state index contributed by atoms with van der Waals surface area (Å²) in [6, 6.07) is 5.27. The number of benzene rings is 1. The lowest BCUT2D eigenvalue weighted by atomic mass is 10.1. The SMILES string of the molecule is Cl.Nc1c(Oc2ccc(CC(F)(F)F)cc2)nc[nH]c1=O. The molecule has 0 spiro atoms. The van der Waals surface area contributed by atoms with Gasteiger partial charge in [0.15, 0.2) is 5.69 Å². The minimum atomic E-state index is -4.26. The second kappa shape index (κ2) is 6.49. The van der Waals surface area contributed by atoms with Crippen molar-refractivity contribution in [1.82, 2.24) is 9.97 Å². The molecular weight excluding hydrogens is 311 g/mol. The number of nitrogens with zero attached hydrogens (tertiary/aromatic N) is 1. The summed E-state index contributed by atoms with van der Waals surface area (Å²) in [4.78, 5) is 17.2. The number of nitrogens with one attached hydrogen (secondary N) is 1. The van der Waals surface area contributed by atoms with Gasteiger partial charge in [0, 0.05) is 0 Å². The summed E-state index contributed by atoms with van der Waals surface area (Å²) >= 11 is 0. The van der Waals surface area contributed by atoms with Crippen LogP contribution >= 0.6 is 12.4 Å². The van der Waals surface area contributed by atoms with E-state index in [1.807, 2.05) is 0 Å². The zero-order chi connectivity index (χ0) is 14.8. The number of nitrogen functional groups attached to an aromatic ring is 1. The summed E-state index contributed by atoms with van der Waals surface area (Å²) in [5.74, 6) is 0.137. The Morgan fingerprint density at radius 2 is 1.86 bits per heavy atom. The number of aromatic nitrogens is 2. The van der Waals surface area contributed by atoms with Crippen molar-refractivity contribution >= 4 is 18.1 Å². The monoisotopic (exact) mass is 321 g/mol. The molecular formula is C12H11ClF3N3O2. The molecule has 3 N–H and O–H groups in total. The molecule has 0 radical (unpaired) electrons. The number of nitrogens with two attached hydrogens (primary N) is 1. The number of ether oxygens (including phenoxy) is 1. The Labute approximate surface area is 123 Å². The molecule has 0 fully saturated rings. The van der Waals surface area contributed by atoms with Crippen molar-refractivity contribution < 1.29 is 17.9 Å². The number of rotatable bonds is 3. The summed E-state index contributed by atoms with van der Waals surface area (Å²) in [6.45, 7) is 0. The molecule has 2 aromatic rings. The quantitative estimate of drug-likeness (QED) is 0.910. The number of hydrogen-bond donors (Lipinski definition) is 2. The molecule has 1 heterocycles. The molecule has 5 nitrogen and oxygen atoms in total. The van der Waals surface area contributed by atoms with E-state index in [1.165, 1.54) is 24.3 Å². The van der Waals surface area contributed by atoms with Gasteiger partial charge < -0.3 is 15.5 Å². The minimum Gasteiger partial charge on any atom is -0.437 e. The zero-order valence-electron chi connectivity index (χ0n) is 10.5. The van der Waals surface area contributed by atoms with Crippen molar-refractivity contribution in [3.8, 4) is 11.6 Å². The van der Waals surface area contributed by atoms with Crippen LogP contribution in [0.1, 0.15) is 5.56 Å². The molecule has 0 atom stereocenters. The molecule has 21 heavy (non-hydrogen) atoms. The Kier molecular flexibility index (Phi) is 5.20. The van der Waals surface area contributed by atoms with E-state index >= 15 is 0 Å². The first-order chi connectivity index (χ1) is 9.35. The van der Waals surface area contributed by atoms with Crippen LogP contribution in [0.5, 0.6) is 11.6 Å². The summed E-state index contributed by atoms with van der Waals surface area (Å²) in [5, 5.41) is 0. The number of anilines is 1. The highest BCUT2D eigenvalue weighted by atomic mass is 35.5. The van der Waals surface area contributed by atoms with Gasteiger partial charge in [0.1, 0.15) is 5.75 Å². The highest BCUT2D eigenvalue weighted by Crippen LogP contribution is 2.25. The van der Waals surface area contributed by atoms with Gasteiger partial charge in [-0.25, -0.2) is 4.98 Å². The smallest absolute Gasteiger partial charge is 0.393 e. The van der Waals surface area contributed by atoms with Crippen LogP contribution in [0.15, 0.2) is 35.4 Å². The van der Waals surface area contributed by atoms with Crippen molar-refractivity contribution in [3.63, 3.8) is 0 Å². The van der Waals surface area contributed by atoms with Crippen molar-refractivity contribution in [1.29, 1.82) is 0 Å². The number of alkyl halides is 3. The Balaban J connectivity index is 0.00000220. The average Bonchev–Trinajstić information content (AvgIpc) is 2.35. The van der Waals surface area contributed by atoms with Gasteiger partial charge in [-0.15, -0.1) is 12.4 Å². The topological polar surface area (TPSA) is 81.0 Å². The predicted molar refractivity (Wildman–Crippen MR) is 72.8 cm³/mol. The van der Waals surface area contributed by atoms with Crippen LogP contribution in [-0.4, -0.2) is 16.1 Å². The molecule has 0 aliphatic heterocycles. The molecule has 0 aliphatic carbocycles. The van der Waals surface area contributed by atoms with E-state index in [9.17, 15) is 18.0 Å². The van der Waals surface area contributed by atoms with Gasteiger partial charge in [-0.05, 0) is 17.7 Å². The molecule has 0 saturated carbocycles. The highest BCUT2D eigenvalue weighted by molar-refractivity contribution is 5.85. The van der Waals surface area contributed by atoms with Gasteiger partial charge in [0.2, 0.25) is 5.88 Å². The summed E-state index contributed by atoms with van der Waals surface area (Å²) < 4.78 is 41.8. The first kappa shape index (κ1) is 16.8. The van der Waals surface area contributed by atoms with E-state index in [1.54, 1.807) is 0 Å². The van der Waals surface area contributed by atoms with Crippen LogP contribution in [0.2, 0.25) is 0 Å². The second-order valence-electron chi connectivity index (χ2n) is 3.99. The Morgan fingerprint density at radius 1 is 1.24 bits per heavy atom. The van der Waals surface area contributed by atoms with Crippen molar-refractivity contribution in [2.24, 2.45) is 0 Å². The summed E-state index contributed by atoms with van der Waals surface area (Å²) in [5.41, 5.74) is 4.82. The molecule has 0 amide bonds. The highest BCUT2D eigenvalue weighted by Gasteiger charge is 2.27. The fourth-order valence-corrected chi connectivity index (χ4v) is 1.49. The lowest BCUT2D eigenvalue weighted by molar-refractivity contribution is -0.127. The largest absolute Gasteiger partial charge is 0.437 e. The molecule has 0 unspecified atom stereocenters. The Hall–Kier alpha value is -2.22. The van der Waals surface area contributed by atoms with Gasteiger partial charge in [-0.1, -0.05) is 12.1 Å². The number of H-pyrrole nitrogens is 1. The molecule has 0 aliphatic rings. The van der Waals surface area contributed by atoms with E-state index < -0.39 is 18.2 Å². The maximum absolute atomic E-state index is 12.2. The predicted octanol–water partition coefficient (Wildman–Crippen LogP) is 2.67. The third kappa shape index (κ3) is 4.67. The molecule has 1 aromatic carbocycles. The Bertz CT molecular complexity index is 656. The zero-order valence-corrected chi connectivity index (χ0v) is 11.3. The van der Waals surface area contributed by atoms with Crippen LogP contribution in [0, 0.1) is 0 Å². The molecule has 0 bridgehead atoms. The standard InChI is InChI=1S/C12H10F3N3O2.ClH/c13-12(14,15)5-7-1-3-8(4-2-7)20-11-9(16)10(19)17-6-18-11;/h1-4,6H,5,16H2,(H,17,18,19);1H. The molecule has 114 valence electrons. The van der Waals surface area contributed by atoms with Gasteiger partial charge in [0.05, 0.1) is 12.7 Å². The minimum absolute atomic E-state index is 0. The maximum atomic E-state index is 12.2. The first-order valence-corrected chi connectivity index (χ1v) is 5.52. The van der Waals surface area contributed by atoms with E-state index in [0.717, 1.165) is 6.33 Å². The fraction of sp³-hybridized carbons (Fsp3) is 0.167. The van der Waals surface area contributed by atoms with Gasteiger partial charge in [0.25, 0.3) is 5.56 Å². The van der Waals surface area contributed by atoms with Gasteiger partial charge in [-0.3, -0.25) is 4.79 Å². The van der Waals surface area contributed by atoms with Crippen LogP contribution < -0.4 is 16.0 Å². The third-order valence-electron chi connectivity index (χ3n) is 2.39. The molecule has 1 aromatic heterocycles. The number of halogens is 4. The van der Waals surface area contributed by atoms with Gasteiger partial charge >= 0.3 is 6.18 Å². The average molecular weight is 322 g/mol. The van der Waals surface area contributed by atoms with Crippen LogP contribution in [0.4, 0.5) is 18.9 Å². The molecule has 9 heteroatoms. The van der Waals surface area contributed by atoms with Gasteiger partial charge in [-0.2, -0.15) is 13.2 Å². The van der Waals surface area contributed by atoms with E-state index in [2.05, 4.69) is 9.97 Å². The van der Waals surface area contributed by atoms with E-state index in [4.69, 9.17) is 10.5 Å². The molecule has 2 rings (SSSR count). The van der Waals surface area contributed by atoms with Crippen LogP contribution in [0.3, 0.4) is 0 Å². The van der Waals surface area contributed by atoms with Crippen molar-refractivity contribution in [3.05, 3.63) is 46.5 Å².